The minimum atomic E-state index is 0.193. The van der Waals surface area contributed by atoms with Crippen molar-refractivity contribution in [3.8, 4) is 11.5 Å². The van der Waals surface area contributed by atoms with E-state index in [0.29, 0.717) is 36.8 Å². The molecule has 1 aromatic carbocycles. The van der Waals surface area contributed by atoms with Crippen LogP contribution >= 0.6 is 0 Å². The van der Waals surface area contributed by atoms with Crippen molar-refractivity contribution in [3.63, 3.8) is 0 Å². The number of aromatic hydroxyl groups is 1. The number of rotatable bonds is 6. The summed E-state index contributed by atoms with van der Waals surface area (Å²) < 4.78 is 5.75. The molecule has 1 aromatic rings. The van der Waals surface area contributed by atoms with Gasteiger partial charge in [-0.25, -0.2) is 0 Å². The van der Waals surface area contributed by atoms with Gasteiger partial charge in [0.2, 0.25) is 0 Å². The Labute approximate surface area is 121 Å². The van der Waals surface area contributed by atoms with Crippen molar-refractivity contribution in [1.29, 1.82) is 0 Å². The maximum Gasteiger partial charge on any atom is 0.160 e. The lowest BCUT2D eigenvalue weighted by molar-refractivity contribution is 0.184. The first-order chi connectivity index (χ1) is 9.61. The number of ether oxygens (including phenoxy) is 1. The molecule has 1 aliphatic rings. The van der Waals surface area contributed by atoms with Gasteiger partial charge >= 0.3 is 0 Å². The fourth-order valence-electron chi connectivity index (χ4n) is 2.84. The standard InChI is InChI=1S/C16H26N2O2/c1-12(2)18-8-7-13(10-18)14(9-17)11-20-16-6-4-3-5-15(16)19/h3-6,12-14,19H,7-11,17H2,1-2H3. The molecule has 2 atom stereocenters. The lowest BCUT2D eigenvalue weighted by Crippen LogP contribution is -2.33. The van der Waals surface area contributed by atoms with Gasteiger partial charge in [0, 0.05) is 18.5 Å². The van der Waals surface area contributed by atoms with Crippen molar-refractivity contribution in [3.05, 3.63) is 24.3 Å². The van der Waals surface area contributed by atoms with Gasteiger partial charge in [-0.1, -0.05) is 12.1 Å². The highest BCUT2D eigenvalue weighted by Crippen LogP contribution is 2.28. The number of benzene rings is 1. The number of hydrogen-bond acceptors (Lipinski definition) is 4. The molecule has 0 aliphatic carbocycles. The smallest absolute Gasteiger partial charge is 0.160 e. The van der Waals surface area contributed by atoms with Crippen LogP contribution in [-0.2, 0) is 0 Å². The topological polar surface area (TPSA) is 58.7 Å². The number of likely N-dealkylation sites (tertiary alicyclic amines) is 1. The molecule has 0 aromatic heterocycles. The molecule has 2 rings (SSSR count). The van der Waals surface area contributed by atoms with Crippen LogP contribution in [0, 0.1) is 11.8 Å². The summed E-state index contributed by atoms with van der Waals surface area (Å²) in [6.45, 7) is 7.92. The van der Waals surface area contributed by atoms with Crippen molar-refractivity contribution in [1.82, 2.24) is 4.90 Å². The average molecular weight is 278 g/mol. The van der Waals surface area contributed by atoms with Crippen molar-refractivity contribution in [2.75, 3.05) is 26.2 Å². The second-order valence-electron chi connectivity index (χ2n) is 5.91. The summed E-state index contributed by atoms with van der Waals surface area (Å²) in [4.78, 5) is 2.49. The Morgan fingerprint density at radius 2 is 2.15 bits per heavy atom. The molecule has 0 spiro atoms. The van der Waals surface area contributed by atoms with E-state index in [-0.39, 0.29) is 5.75 Å². The molecule has 4 heteroatoms. The molecular weight excluding hydrogens is 252 g/mol. The van der Waals surface area contributed by atoms with Crippen LogP contribution in [0.4, 0.5) is 0 Å². The summed E-state index contributed by atoms with van der Waals surface area (Å²) in [5, 5.41) is 9.71. The first-order valence-electron chi connectivity index (χ1n) is 7.46. The third-order valence-electron chi connectivity index (χ3n) is 4.27. The van der Waals surface area contributed by atoms with Crippen LogP contribution < -0.4 is 10.5 Å². The zero-order valence-corrected chi connectivity index (χ0v) is 12.5. The number of nitrogens with two attached hydrogens (primary N) is 1. The molecule has 112 valence electrons. The van der Waals surface area contributed by atoms with E-state index in [0.717, 1.165) is 13.1 Å². The fraction of sp³-hybridized carbons (Fsp3) is 0.625. The van der Waals surface area contributed by atoms with Gasteiger partial charge in [-0.05, 0) is 51.4 Å². The first-order valence-corrected chi connectivity index (χ1v) is 7.46. The summed E-state index contributed by atoms with van der Waals surface area (Å²) in [6.07, 6.45) is 1.18. The van der Waals surface area contributed by atoms with Crippen LogP contribution in [0.2, 0.25) is 0 Å². The summed E-state index contributed by atoms with van der Waals surface area (Å²) in [6, 6.07) is 7.68. The zero-order chi connectivity index (χ0) is 14.5. The molecule has 1 fully saturated rings. The Kier molecular flexibility index (Phi) is 5.26. The van der Waals surface area contributed by atoms with Crippen LogP contribution in [0.25, 0.3) is 0 Å². The molecule has 0 amide bonds. The quantitative estimate of drug-likeness (QED) is 0.836. The lowest BCUT2D eigenvalue weighted by atomic mass is 9.92. The predicted molar refractivity (Wildman–Crippen MR) is 81.0 cm³/mol. The third-order valence-corrected chi connectivity index (χ3v) is 4.27. The second-order valence-corrected chi connectivity index (χ2v) is 5.91. The zero-order valence-electron chi connectivity index (χ0n) is 12.5. The minimum absolute atomic E-state index is 0.193. The molecule has 1 saturated heterocycles. The summed E-state index contributed by atoms with van der Waals surface area (Å²) in [5.41, 5.74) is 5.92. The largest absolute Gasteiger partial charge is 0.504 e. The summed E-state index contributed by atoms with van der Waals surface area (Å²) >= 11 is 0. The molecule has 3 N–H and O–H groups in total. The van der Waals surface area contributed by atoms with Crippen molar-refractivity contribution in [2.45, 2.75) is 26.3 Å². The van der Waals surface area contributed by atoms with Crippen LogP contribution in [0.1, 0.15) is 20.3 Å². The number of phenolic OH excluding ortho intramolecular Hbond substituents is 1. The van der Waals surface area contributed by atoms with Gasteiger partial charge in [0.25, 0.3) is 0 Å². The molecule has 2 unspecified atom stereocenters. The molecule has 0 radical (unpaired) electrons. The van der Waals surface area contributed by atoms with E-state index in [1.807, 2.05) is 6.07 Å². The second kappa shape index (κ2) is 6.95. The number of phenols is 1. The Morgan fingerprint density at radius 3 is 2.75 bits per heavy atom. The van der Waals surface area contributed by atoms with E-state index in [1.165, 1.54) is 6.42 Å². The first kappa shape index (κ1) is 15.1. The Morgan fingerprint density at radius 1 is 1.40 bits per heavy atom. The van der Waals surface area contributed by atoms with Crippen LogP contribution in [0.5, 0.6) is 11.5 Å². The normalized spacial score (nSPS) is 21.3. The maximum absolute atomic E-state index is 9.71. The molecule has 4 nitrogen and oxygen atoms in total. The molecule has 0 saturated carbocycles. The van der Waals surface area contributed by atoms with E-state index in [4.69, 9.17) is 10.5 Å². The Hall–Kier alpha value is -1.26. The van der Waals surface area contributed by atoms with Crippen molar-refractivity contribution >= 4 is 0 Å². The number of para-hydroxylation sites is 2. The number of nitrogens with zero attached hydrogens (tertiary/aromatic N) is 1. The van der Waals surface area contributed by atoms with Crippen molar-refractivity contribution in [2.24, 2.45) is 17.6 Å². The highest BCUT2D eigenvalue weighted by atomic mass is 16.5. The maximum atomic E-state index is 9.71. The molecule has 0 bridgehead atoms. The average Bonchev–Trinajstić information content (AvgIpc) is 2.91. The van der Waals surface area contributed by atoms with Gasteiger partial charge in [-0.2, -0.15) is 0 Å². The Balaban J connectivity index is 1.89. The summed E-state index contributed by atoms with van der Waals surface area (Å²) in [7, 11) is 0. The highest BCUT2D eigenvalue weighted by Gasteiger charge is 2.30. The lowest BCUT2D eigenvalue weighted by Gasteiger charge is -2.24. The van der Waals surface area contributed by atoms with E-state index >= 15 is 0 Å². The van der Waals surface area contributed by atoms with Gasteiger partial charge in [0.1, 0.15) is 0 Å². The van der Waals surface area contributed by atoms with Gasteiger partial charge in [0.15, 0.2) is 11.5 Å². The van der Waals surface area contributed by atoms with Crippen molar-refractivity contribution < 1.29 is 9.84 Å². The fourth-order valence-corrected chi connectivity index (χ4v) is 2.84. The molecule has 1 aliphatic heterocycles. The van der Waals surface area contributed by atoms with Crippen LogP contribution in [-0.4, -0.2) is 42.3 Å². The molecule has 20 heavy (non-hydrogen) atoms. The van der Waals surface area contributed by atoms with Gasteiger partial charge < -0.3 is 20.5 Å². The van der Waals surface area contributed by atoms with E-state index in [1.54, 1.807) is 18.2 Å². The van der Waals surface area contributed by atoms with Gasteiger partial charge in [0.05, 0.1) is 6.61 Å². The van der Waals surface area contributed by atoms with Crippen LogP contribution in [0.15, 0.2) is 24.3 Å². The van der Waals surface area contributed by atoms with E-state index in [2.05, 4.69) is 18.7 Å². The van der Waals surface area contributed by atoms with Crippen LogP contribution in [0.3, 0.4) is 0 Å². The SMILES string of the molecule is CC(C)N1CCC(C(CN)COc2ccccc2O)C1. The summed E-state index contributed by atoms with van der Waals surface area (Å²) in [5.74, 6) is 1.68. The minimum Gasteiger partial charge on any atom is -0.504 e. The Bertz CT molecular complexity index is 423. The third kappa shape index (κ3) is 3.64. The van der Waals surface area contributed by atoms with E-state index in [9.17, 15) is 5.11 Å². The predicted octanol–water partition coefficient (Wildman–Crippen LogP) is 2.08. The molecular formula is C16H26N2O2. The van der Waals surface area contributed by atoms with Gasteiger partial charge in [-0.15, -0.1) is 0 Å². The molecule has 1 heterocycles. The highest BCUT2D eigenvalue weighted by molar-refractivity contribution is 5.37. The monoisotopic (exact) mass is 278 g/mol. The van der Waals surface area contributed by atoms with Gasteiger partial charge in [-0.3, -0.25) is 0 Å². The van der Waals surface area contributed by atoms with E-state index < -0.39 is 0 Å². The number of hydrogen-bond donors (Lipinski definition) is 2.